The van der Waals surface area contributed by atoms with Gasteiger partial charge in [0.25, 0.3) is 0 Å². The minimum Gasteiger partial charge on any atom is -0.350 e. The molecule has 0 aliphatic rings. The summed E-state index contributed by atoms with van der Waals surface area (Å²) in [5, 5.41) is 2.98. The first-order chi connectivity index (χ1) is 11.3. The molecule has 0 bridgehead atoms. The van der Waals surface area contributed by atoms with Gasteiger partial charge in [-0.25, -0.2) is 4.39 Å². The first kappa shape index (κ1) is 18.1. The Labute approximate surface area is 143 Å². The largest absolute Gasteiger partial charge is 0.350 e. The number of nitrogens with zero attached hydrogens (tertiary/aromatic N) is 1. The van der Waals surface area contributed by atoms with Crippen molar-refractivity contribution < 1.29 is 9.18 Å². The highest BCUT2D eigenvalue weighted by Crippen LogP contribution is 2.27. The van der Waals surface area contributed by atoms with Crippen molar-refractivity contribution in [3.05, 3.63) is 71.5 Å². The highest BCUT2D eigenvalue weighted by molar-refractivity contribution is 5.78. The number of benzene rings is 2. The molecule has 0 radical (unpaired) electrons. The van der Waals surface area contributed by atoms with Gasteiger partial charge in [-0.2, -0.15) is 0 Å². The maximum atomic E-state index is 13.3. The number of hydrogen-bond donors (Lipinski definition) is 1. The van der Waals surface area contributed by atoms with Gasteiger partial charge in [0.15, 0.2) is 0 Å². The Morgan fingerprint density at radius 1 is 1.04 bits per heavy atom. The molecule has 2 aromatic rings. The molecule has 1 atom stereocenters. The SMILES string of the molecule is CN(CC(=O)NC(C)(C)C)C(c1ccccc1)c1ccc(F)cc1. The van der Waals surface area contributed by atoms with E-state index in [0.29, 0.717) is 0 Å². The topological polar surface area (TPSA) is 32.3 Å². The fourth-order valence-electron chi connectivity index (χ4n) is 2.76. The summed E-state index contributed by atoms with van der Waals surface area (Å²) in [6.07, 6.45) is 0. The molecule has 128 valence electrons. The van der Waals surface area contributed by atoms with Crippen LogP contribution in [0.4, 0.5) is 4.39 Å². The smallest absolute Gasteiger partial charge is 0.234 e. The third kappa shape index (κ3) is 5.17. The van der Waals surface area contributed by atoms with Gasteiger partial charge in [0.1, 0.15) is 5.82 Å². The second-order valence-corrected chi connectivity index (χ2v) is 7.08. The van der Waals surface area contributed by atoms with E-state index < -0.39 is 0 Å². The van der Waals surface area contributed by atoms with Gasteiger partial charge in [0, 0.05) is 5.54 Å². The summed E-state index contributed by atoms with van der Waals surface area (Å²) in [7, 11) is 1.91. The Morgan fingerprint density at radius 2 is 1.58 bits per heavy atom. The molecule has 2 aromatic carbocycles. The molecule has 1 unspecified atom stereocenters. The molecule has 2 rings (SSSR count). The maximum absolute atomic E-state index is 13.3. The van der Waals surface area contributed by atoms with Gasteiger partial charge in [-0.3, -0.25) is 9.69 Å². The van der Waals surface area contributed by atoms with Crippen molar-refractivity contribution in [1.82, 2.24) is 10.2 Å². The van der Waals surface area contributed by atoms with E-state index in [-0.39, 0.29) is 29.8 Å². The summed E-state index contributed by atoms with van der Waals surface area (Å²) in [6, 6.07) is 16.3. The molecule has 0 spiro atoms. The fourth-order valence-corrected chi connectivity index (χ4v) is 2.76. The average molecular weight is 328 g/mol. The van der Waals surface area contributed by atoms with Crippen LogP contribution in [-0.4, -0.2) is 29.9 Å². The van der Waals surface area contributed by atoms with Crippen LogP contribution in [0.25, 0.3) is 0 Å². The van der Waals surface area contributed by atoms with Crippen molar-refractivity contribution in [2.75, 3.05) is 13.6 Å². The van der Waals surface area contributed by atoms with Gasteiger partial charge >= 0.3 is 0 Å². The van der Waals surface area contributed by atoms with Crippen LogP contribution in [0.15, 0.2) is 54.6 Å². The van der Waals surface area contributed by atoms with Crippen LogP contribution in [0.3, 0.4) is 0 Å². The predicted molar refractivity (Wildman–Crippen MR) is 95.2 cm³/mol. The standard InChI is InChI=1S/C20H25FN2O/c1-20(2,3)22-18(24)14-23(4)19(15-8-6-5-7-9-15)16-10-12-17(21)13-11-16/h5-13,19H,14H2,1-4H3,(H,22,24). The number of halogens is 1. The molecular weight excluding hydrogens is 303 g/mol. The second-order valence-electron chi connectivity index (χ2n) is 7.08. The summed E-state index contributed by atoms with van der Waals surface area (Å²) in [5.74, 6) is -0.299. The Morgan fingerprint density at radius 3 is 2.12 bits per heavy atom. The summed E-state index contributed by atoms with van der Waals surface area (Å²) in [4.78, 5) is 14.3. The molecule has 0 fully saturated rings. The number of carbonyl (C=O) groups excluding carboxylic acids is 1. The molecule has 4 heteroatoms. The molecule has 1 amide bonds. The molecule has 0 aliphatic heterocycles. The van der Waals surface area contributed by atoms with Crippen LogP contribution < -0.4 is 5.32 Å². The van der Waals surface area contributed by atoms with Crippen molar-refractivity contribution in [3.8, 4) is 0 Å². The third-order valence-electron chi connectivity index (χ3n) is 3.65. The normalized spacial score (nSPS) is 12.9. The molecule has 1 N–H and O–H groups in total. The molecule has 24 heavy (non-hydrogen) atoms. The van der Waals surface area contributed by atoms with E-state index in [1.165, 1.54) is 12.1 Å². The van der Waals surface area contributed by atoms with Crippen molar-refractivity contribution in [3.63, 3.8) is 0 Å². The van der Waals surface area contributed by atoms with Crippen LogP contribution in [-0.2, 0) is 4.79 Å². The lowest BCUT2D eigenvalue weighted by Gasteiger charge is -2.30. The second kappa shape index (κ2) is 7.58. The highest BCUT2D eigenvalue weighted by atomic mass is 19.1. The maximum Gasteiger partial charge on any atom is 0.234 e. The van der Waals surface area contributed by atoms with Gasteiger partial charge in [0.2, 0.25) is 5.91 Å². The van der Waals surface area contributed by atoms with Gasteiger partial charge < -0.3 is 5.32 Å². The Bertz CT molecular complexity index is 662. The van der Waals surface area contributed by atoms with Crippen LogP contribution in [0, 0.1) is 5.82 Å². The first-order valence-corrected chi connectivity index (χ1v) is 8.08. The number of nitrogens with one attached hydrogen (secondary N) is 1. The summed E-state index contributed by atoms with van der Waals surface area (Å²) < 4.78 is 13.3. The summed E-state index contributed by atoms with van der Waals surface area (Å²) >= 11 is 0. The highest BCUT2D eigenvalue weighted by Gasteiger charge is 2.23. The lowest BCUT2D eigenvalue weighted by atomic mass is 9.97. The molecule has 0 saturated heterocycles. The van der Waals surface area contributed by atoms with E-state index in [2.05, 4.69) is 5.32 Å². The number of likely N-dealkylation sites (N-methyl/N-ethyl adjacent to an activating group) is 1. The Kier molecular flexibility index (Phi) is 5.73. The third-order valence-corrected chi connectivity index (χ3v) is 3.65. The van der Waals surface area contributed by atoms with Crippen molar-refractivity contribution in [1.29, 1.82) is 0 Å². The summed E-state index contributed by atoms with van der Waals surface area (Å²) in [6.45, 7) is 6.13. The minimum absolute atomic E-state index is 0.0342. The quantitative estimate of drug-likeness (QED) is 0.906. The average Bonchev–Trinajstić information content (AvgIpc) is 2.48. The van der Waals surface area contributed by atoms with Crippen molar-refractivity contribution in [2.24, 2.45) is 0 Å². The van der Waals surface area contributed by atoms with Gasteiger partial charge in [-0.1, -0.05) is 42.5 Å². The zero-order valence-corrected chi connectivity index (χ0v) is 14.7. The van der Waals surface area contributed by atoms with E-state index in [1.54, 1.807) is 12.1 Å². The van der Waals surface area contributed by atoms with Gasteiger partial charge in [0.05, 0.1) is 12.6 Å². The minimum atomic E-state index is -0.268. The first-order valence-electron chi connectivity index (χ1n) is 8.08. The van der Waals surface area contributed by atoms with Crippen molar-refractivity contribution >= 4 is 5.91 Å². The Balaban J connectivity index is 2.26. The van der Waals surface area contributed by atoms with Crippen LogP contribution >= 0.6 is 0 Å². The van der Waals surface area contributed by atoms with Crippen LogP contribution in [0.1, 0.15) is 37.9 Å². The molecule has 0 saturated carbocycles. The lowest BCUT2D eigenvalue weighted by molar-refractivity contribution is -0.123. The van der Waals surface area contributed by atoms with Gasteiger partial charge in [-0.05, 0) is 51.1 Å². The van der Waals surface area contributed by atoms with Crippen molar-refractivity contribution in [2.45, 2.75) is 32.4 Å². The zero-order chi connectivity index (χ0) is 17.7. The molecule has 3 nitrogen and oxygen atoms in total. The zero-order valence-electron chi connectivity index (χ0n) is 14.7. The van der Waals surface area contributed by atoms with Crippen LogP contribution in [0.2, 0.25) is 0 Å². The Hall–Kier alpha value is -2.20. The monoisotopic (exact) mass is 328 g/mol. The molecule has 0 heterocycles. The number of hydrogen-bond acceptors (Lipinski definition) is 2. The predicted octanol–water partition coefficient (Wildman–Crippen LogP) is 3.76. The van der Waals surface area contributed by atoms with Crippen LogP contribution in [0.5, 0.6) is 0 Å². The van der Waals surface area contributed by atoms with E-state index in [1.807, 2.05) is 63.1 Å². The van der Waals surface area contributed by atoms with E-state index in [9.17, 15) is 9.18 Å². The fraction of sp³-hybridized carbons (Fsp3) is 0.350. The molecule has 0 aliphatic carbocycles. The number of amides is 1. The lowest BCUT2D eigenvalue weighted by Crippen LogP contribution is -2.45. The summed E-state index contributed by atoms with van der Waals surface area (Å²) in [5.41, 5.74) is 1.75. The number of carbonyl (C=O) groups is 1. The van der Waals surface area contributed by atoms with Gasteiger partial charge in [-0.15, -0.1) is 0 Å². The number of rotatable bonds is 5. The van der Waals surface area contributed by atoms with E-state index >= 15 is 0 Å². The molecule has 0 aromatic heterocycles. The van der Waals surface area contributed by atoms with E-state index in [4.69, 9.17) is 0 Å². The van der Waals surface area contributed by atoms with E-state index in [0.717, 1.165) is 11.1 Å². The molecular formula is C20H25FN2O.